The molecule has 12 N–H and O–H groups in total. The number of rotatable bonds is 23. The molecule has 600 valence electrons. The lowest BCUT2D eigenvalue weighted by atomic mass is 9.86. The first-order chi connectivity index (χ1) is 55.0. The SMILES string of the molecule is COc1cc2ncc3ccn(-c4ccc(CNS(N)(=O)=O)cc4)c3c2cc1OC.COc1cc2ncc3ccn(-c4ccc(NS(N)(=O)=O)cc4)c3c2cc1OC.COc1cc2ncc3ccn(C4CCC(CNS(N)(=O)=O)CC4)c3c2cc1OC.COc1cc2ncc3ccn(Cc4ccc(NS(N)(=O)=O)cc4)c3c2cc1OC. The van der Waals surface area contributed by atoms with Crippen LogP contribution in [0.3, 0.4) is 0 Å². The summed E-state index contributed by atoms with van der Waals surface area (Å²) in [4.78, 5) is 18.2. The maximum absolute atomic E-state index is 11.2. The molecule has 8 heterocycles. The number of benzene rings is 7. The summed E-state index contributed by atoms with van der Waals surface area (Å²) < 4.78 is 150. The molecule has 0 aliphatic heterocycles. The Morgan fingerprint density at radius 2 is 0.696 bits per heavy atom. The molecule has 0 saturated heterocycles. The number of hydrogen-bond acceptors (Lipinski definition) is 20. The molecule has 1 saturated carbocycles. The summed E-state index contributed by atoms with van der Waals surface area (Å²) >= 11 is 0. The predicted octanol–water partition coefficient (Wildman–Crippen LogP) is 10.9. The van der Waals surface area contributed by atoms with Gasteiger partial charge in [-0.2, -0.15) is 38.4 Å². The molecule has 0 unspecified atom stereocenters. The number of ether oxygens (including phenoxy) is 8. The summed E-state index contributed by atoms with van der Waals surface area (Å²) in [5, 5.41) is 27.9. The Hall–Kier alpha value is -12.1. The minimum Gasteiger partial charge on any atom is -0.493 e. The standard InChI is InChI=1S/C20H20N4O4S.C20H26N4O4S.C20H20N4O4S.C19H18N4O4S/c1-27-18-9-16-17(10-19(18)28-2)22-11-14-7-8-24(20(14)16)12-13-3-5-15(6-4-13)23-29(21,25)26;2*1-27-18-9-16-17(10-19(18)28-2)22-12-14-7-8-24(20(14)16)15-5-3-13(4-6-15)11-23-29(21,25)26;1-26-17-9-15-16(10-18(17)27-2)21-11-12-7-8-23(19(12)15)14-5-3-13(4-6-14)22-28(20,24)25/h3-11,23H,12H2,1-2H3,(H2,21,25,26);7-10,12-13,15,23H,3-6,11H2,1-2H3,(H2,21,25,26);3-10,12,23H,11H2,1-2H3,(H2,21,25,26);3-11,22H,1-2H3,(H2,20,24,25). The van der Waals surface area contributed by atoms with Crippen LogP contribution in [0.15, 0.2) is 195 Å². The molecule has 0 amide bonds. The van der Waals surface area contributed by atoms with E-state index in [1.165, 1.54) is 0 Å². The number of anilines is 2. The lowest BCUT2D eigenvalue weighted by molar-refractivity contribution is 0.279. The van der Waals surface area contributed by atoms with Crippen molar-refractivity contribution in [1.82, 2.24) is 47.6 Å². The monoisotopic (exact) mass is 1640 g/mol. The summed E-state index contributed by atoms with van der Waals surface area (Å²) in [5.74, 6) is 5.40. The predicted molar refractivity (Wildman–Crippen MR) is 445 cm³/mol. The van der Waals surface area contributed by atoms with Crippen LogP contribution in [0, 0.1) is 5.92 Å². The third-order valence-electron chi connectivity index (χ3n) is 19.6. The van der Waals surface area contributed by atoms with E-state index in [1.54, 1.807) is 99.5 Å². The van der Waals surface area contributed by atoms with Gasteiger partial charge < -0.3 is 56.2 Å². The summed E-state index contributed by atoms with van der Waals surface area (Å²) in [6, 6.07) is 45.1. The molecule has 1 aliphatic carbocycles. The van der Waals surface area contributed by atoms with Crippen LogP contribution in [0.2, 0.25) is 0 Å². The van der Waals surface area contributed by atoms with Crippen LogP contribution in [-0.2, 0) is 53.9 Å². The van der Waals surface area contributed by atoms with E-state index in [0.29, 0.717) is 82.4 Å². The van der Waals surface area contributed by atoms with Gasteiger partial charge in [-0.1, -0.05) is 24.3 Å². The van der Waals surface area contributed by atoms with Crippen molar-refractivity contribution in [3.05, 3.63) is 206 Å². The number of nitrogens with one attached hydrogen (secondary N) is 4. The molecule has 0 atom stereocenters. The van der Waals surface area contributed by atoms with Crippen molar-refractivity contribution < 1.29 is 71.6 Å². The molecule has 15 aromatic rings. The first kappa shape index (κ1) is 80.9. The van der Waals surface area contributed by atoms with E-state index >= 15 is 0 Å². The lowest BCUT2D eigenvalue weighted by Gasteiger charge is -2.30. The van der Waals surface area contributed by atoms with Crippen LogP contribution in [0.25, 0.3) is 98.6 Å². The molecule has 0 bridgehead atoms. The van der Waals surface area contributed by atoms with Gasteiger partial charge in [0.1, 0.15) is 0 Å². The highest BCUT2D eigenvalue weighted by Gasteiger charge is 2.26. The van der Waals surface area contributed by atoms with E-state index in [9.17, 15) is 33.7 Å². The van der Waals surface area contributed by atoms with Crippen molar-refractivity contribution in [1.29, 1.82) is 0 Å². The Morgan fingerprint density at radius 1 is 0.365 bits per heavy atom. The molecular weight excluding hydrogens is 1560 g/mol. The first-order valence-electron chi connectivity index (χ1n) is 35.5. The Kier molecular flexibility index (Phi) is 23.9. The van der Waals surface area contributed by atoms with E-state index < -0.39 is 40.8 Å². The van der Waals surface area contributed by atoms with E-state index in [0.717, 1.165) is 135 Å². The Morgan fingerprint density at radius 3 is 1.09 bits per heavy atom. The van der Waals surface area contributed by atoms with Gasteiger partial charge in [0.15, 0.2) is 46.0 Å². The molecular formula is C79H84N16O16S4. The minimum atomic E-state index is -3.81. The van der Waals surface area contributed by atoms with Crippen molar-refractivity contribution >= 4 is 139 Å². The van der Waals surface area contributed by atoms with Gasteiger partial charge in [-0.3, -0.25) is 29.4 Å². The highest BCUT2D eigenvalue weighted by atomic mass is 32.2. The fourth-order valence-electron chi connectivity index (χ4n) is 14.2. The molecule has 32 nitrogen and oxygen atoms in total. The fourth-order valence-corrected chi connectivity index (χ4v) is 16.0. The first-order valence-corrected chi connectivity index (χ1v) is 41.7. The normalized spacial score (nSPS) is 13.9. The Balaban J connectivity index is 0.000000134. The van der Waals surface area contributed by atoms with Gasteiger partial charge in [0.05, 0.1) is 101 Å². The number of methoxy groups -OCH3 is 8. The third kappa shape index (κ3) is 18.6. The fraction of sp³-hybridized carbons (Fsp3) is 0.215. The summed E-state index contributed by atoms with van der Waals surface area (Å²) in [6.45, 7) is 1.14. The summed E-state index contributed by atoms with van der Waals surface area (Å²) in [5.41, 5.74) is 11.8. The summed E-state index contributed by atoms with van der Waals surface area (Å²) in [7, 11) is -2.13. The summed E-state index contributed by atoms with van der Waals surface area (Å²) in [6.07, 6.45) is 19.2. The number of nitrogens with two attached hydrogens (primary N) is 4. The molecule has 7 aromatic carbocycles. The van der Waals surface area contributed by atoms with Crippen molar-refractivity contribution in [3.8, 4) is 57.4 Å². The van der Waals surface area contributed by atoms with Crippen LogP contribution in [0.5, 0.6) is 46.0 Å². The maximum atomic E-state index is 11.2. The second-order valence-electron chi connectivity index (χ2n) is 26.8. The largest absolute Gasteiger partial charge is 0.493 e. The van der Waals surface area contributed by atoms with E-state index in [4.69, 9.17) is 58.5 Å². The van der Waals surface area contributed by atoms with E-state index in [1.807, 2.05) is 145 Å². The zero-order valence-corrected chi connectivity index (χ0v) is 66.9. The van der Waals surface area contributed by atoms with E-state index in [-0.39, 0.29) is 6.54 Å². The number of aromatic nitrogens is 8. The van der Waals surface area contributed by atoms with Crippen LogP contribution >= 0.6 is 0 Å². The molecule has 1 aliphatic rings. The van der Waals surface area contributed by atoms with Crippen LogP contribution in [0.1, 0.15) is 42.9 Å². The van der Waals surface area contributed by atoms with Gasteiger partial charge >= 0.3 is 0 Å². The van der Waals surface area contributed by atoms with Gasteiger partial charge in [0.2, 0.25) is 0 Å². The van der Waals surface area contributed by atoms with Gasteiger partial charge in [-0.05, 0) is 140 Å². The van der Waals surface area contributed by atoms with Crippen LogP contribution < -0.4 is 77.3 Å². The average Bonchev–Trinajstić information content (AvgIpc) is 1.67. The maximum Gasteiger partial charge on any atom is 0.296 e. The topological polar surface area (TPSA) is 434 Å². The van der Waals surface area contributed by atoms with Crippen LogP contribution in [-0.4, -0.2) is 135 Å². The molecule has 16 rings (SSSR count). The quantitative estimate of drug-likeness (QED) is 0.0295. The van der Waals surface area contributed by atoms with Gasteiger partial charge in [0.25, 0.3) is 40.8 Å². The number of fused-ring (bicyclic) bond motifs is 12. The second-order valence-corrected chi connectivity index (χ2v) is 32.2. The smallest absolute Gasteiger partial charge is 0.296 e. The van der Waals surface area contributed by atoms with Gasteiger partial charge in [-0.15, -0.1) is 0 Å². The lowest BCUT2D eigenvalue weighted by Crippen LogP contribution is -2.36. The minimum absolute atomic E-state index is 0.134. The molecule has 115 heavy (non-hydrogen) atoms. The zero-order chi connectivity index (χ0) is 81.7. The van der Waals surface area contributed by atoms with Crippen LogP contribution in [0.4, 0.5) is 11.4 Å². The zero-order valence-electron chi connectivity index (χ0n) is 63.6. The highest BCUT2D eigenvalue weighted by Crippen LogP contribution is 2.42. The number of pyridine rings is 4. The van der Waals surface area contributed by atoms with Crippen molar-refractivity contribution in [3.63, 3.8) is 0 Å². The van der Waals surface area contributed by atoms with E-state index in [2.05, 4.69) is 64.8 Å². The average molecular weight is 1640 g/mol. The molecule has 1 fully saturated rings. The number of nitrogens with zero attached hydrogens (tertiary/aromatic N) is 8. The third-order valence-corrected chi connectivity index (χ3v) is 21.8. The molecule has 36 heteroatoms. The van der Waals surface area contributed by atoms with Crippen molar-refractivity contribution in [2.75, 3.05) is 72.9 Å². The Bertz CT molecular complexity index is 6600. The molecule has 0 radical (unpaired) electrons. The molecule has 0 spiro atoms. The van der Waals surface area contributed by atoms with Gasteiger partial charge in [0, 0.05) is 165 Å². The number of hydrogen-bond donors (Lipinski definition) is 8. The molecule has 8 aromatic heterocycles. The van der Waals surface area contributed by atoms with Crippen molar-refractivity contribution in [2.45, 2.75) is 44.8 Å². The Labute approximate surface area is 662 Å². The highest BCUT2D eigenvalue weighted by molar-refractivity contribution is 7.90. The van der Waals surface area contributed by atoms with Gasteiger partial charge in [-0.25, -0.2) is 25.3 Å². The van der Waals surface area contributed by atoms with Crippen molar-refractivity contribution in [2.24, 2.45) is 26.5 Å². The second kappa shape index (κ2) is 33.9.